The predicted molar refractivity (Wildman–Crippen MR) is 82.4 cm³/mol. The molecule has 2 atom stereocenters. The smallest absolute Gasteiger partial charge is 0.236 e. The third-order valence-electron chi connectivity index (χ3n) is 4.10. The maximum Gasteiger partial charge on any atom is 0.236 e. The van der Waals surface area contributed by atoms with E-state index in [0.29, 0.717) is 24.5 Å². The Bertz CT molecular complexity index is 276. The SMILES string of the molecule is CCOC(CCNC(=O)[C@@H](N)CC(C)C)C1CCCC1. The van der Waals surface area contributed by atoms with Crippen LogP contribution in [0.2, 0.25) is 0 Å². The van der Waals surface area contributed by atoms with Gasteiger partial charge in [0.2, 0.25) is 5.91 Å². The van der Waals surface area contributed by atoms with E-state index in [4.69, 9.17) is 10.5 Å². The van der Waals surface area contributed by atoms with E-state index in [1.54, 1.807) is 0 Å². The van der Waals surface area contributed by atoms with Crippen LogP contribution < -0.4 is 11.1 Å². The van der Waals surface area contributed by atoms with Gasteiger partial charge in [-0.15, -0.1) is 0 Å². The van der Waals surface area contributed by atoms with Crippen molar-refractivity contribution in [2.24, 2.45) is 17.6 Å². The number of nitrogens with two attached hydrogens (primary N) is 1. The fourth-order valence-electron chi connectivity index (χ4n) is 3.08. The lowest BCUT2D eigenvalue weighted by Crippen LogP contribution is -2.42. The van der Waals surface area contributed by atoms with Crippen LogP contribution in [0.1, 0.15) is 59.3 Å². The van der Waals surface area contributed by atoms with Crippen molar-refractivity contribution in [3.63, 3.8) is 0 Å². The van der Waals surface area contributed by atoms with Crippen molar-refractivity contribution >= 4 is 5.91 Å². The van der Waals surface area contributed by atoms with Crippen molar-refractivity contribution in [1.29, 1.82) is 0 Å². The van der Waals surface area contributed by atoms with Crippen molar-refractivity contribution in [1.82, 2.24) is 5.32 Å². The molecule has 4 nitrogen and oxygen atoms in total. The van der Waals surface area contributed by atoms with Gasteiger partial charge in [0.1, 0.15) is 0 Å². The third kappa shape index (κ3) is 6.23. The molecular formula is C16H32N2O2. The summed E-state index contributed by atoms with van der Waals surface area (Å²) in [4.78, 5) is 11.9. The number of rotatable bonds is 9. The van der Waals surface area contributed by atoms with E-state index < -0.39 is 0 Å². The number of hydrogen-bond donors (Lipinski definition) is 2. The van der Waals surface area contributed by atoms with Crippen molar-refractivity contribution in [3.8, 4) is 0 Å². The summed E-state index contributed by atoms with van der Waals surface area (Å²) in [7, 11) is 0. The molecule has 0 saturated heterocycles. The summed E-state index contributed by atoms with van der Waals surface area (Å²) in [5, 5.41) is 2.96. The van der Waals surface area contributed by atoms with E-state index >= 15 is 0 Å². The van der Waals surface area contributed by atoms with Crippen LogP contribution in [0.5, 0.6) is 0 Å². The van der Waals surface area contributed by atoms with Crippen LogP contribution in [0.25, 0.3) is 0 Å². The molecule has 3 N–H and O–H groups in total. The third-order valence-corrected chi connectivity index (χ3v) is 4.10. The molecule has 1 fully saturated rings. The van der Waals surface area contributed by atoms with Gasteiger partial charge < -0.3 is 15.8 Å². The van der Waals surface area contributed by atoms with Gasteiger partial charge in [-0.2, -0.15) is 0 Å². The normalized spacial score (nSPS) is 19.2. The van der Waals surface area contributed by atoms with Gasteiger partial charge in [-0.1, -0.05) is 26.7 Å². The van der Waals surface area contributed by atoms with Gasteiger partial charge in [0, 0.05) is 13.2 Å². The highest BCUT2D eigenvalue weighted by molar-refractivity contribution is 5.81. The van der Waals surface area contributed by atoms with Gasteiger partial charge in [-0.3, -0.25) is 4.79 Å². The molecule has 0 aliphatic heterocycles. The Balaban J connectivity index is 2.27. The molecule has 0 aromatic rings. The molecule has 0 aromatic carbocycles. The lowest BCUT2D eigenvalue weighted by Gasteiger charge is -2.24. The molecule has 0 radical (unpaired) electrons. The molecule has 1 rings (SSSR count). The summed E-state index contributed by atoms with van der Waals surface area (Å²) in [5.41, 5.74) is 5.87. The van der Waals surface area contributed by atoms with Crippen LogP contribution in [0.15, 0.2) is 0 Å². The van der Waals surface area contributed by atoms with Crippen molar-refractivity contribution < 1.29 is 9.53 Å². The molecule has 1 aliphatic carbocycles. The number of carbonyl (C=O) groups is 1. The minimum atomic E-state index is -0.382. The van der Waals surface area contributed by atoms with E-state index in [1.807, 2.05) is 6.92 Å². The first-order valence-corrected chi connectivity index (χ1v) is 8.19. The Hall–Kier alpha value is -0.610. The minimum absolute atomic E-state index is 0.0274. The van der Waals surface area contributed by atoms with E-state index in [9.17, 15) is 4.79 Å². The van der Waals surface area contributed by atoms with Crippen LogP contribution in [-0.4, -0.2) is 31.2 Å². The van der Waals surface area contributed by atoms with Gasteiger partial charge in [-0.25, -0.2) is 0 Å². The van der Waals surface area contributed by atoms with Crippen LogP contribution in [-0.2, 0) is 9.53 Å². The zero-order valence-corrected chi connectivity index (χ0v) is 13.4. The Morgan fingerprint density at radius 2 is 2.00 bits per heavy atom. The summed E-state index contributed by atoms with van der Waals surface area (Å²) >= 11 is 0. The monoisotopic (exact) mass is 284 g/mol. The topological polar surface area (TPSA) is 64.3 Å². The summed E-state index contributed by atoms with van der Waals surface area (Å²) in [5.74, 6) is 1.10. The fourth-order valence-corrected chi connectivity index (χ4v) is 3.08. The zero-order valence-electron chi connectivity index (χ0n) is 13.4. The van der Waals surface area contributed by atoms with Crippen LogP contribution in [0.4, 0.5) is 0 Å². The summed E-state index contributed by atoms with van der Waals surface area (Å²) < 4.78 is 5.85. The van der Waals surface area contributed by atoms with E-state index in [2.05, 4.69) is 19.2 Å². The molecule has 0 spiro atoms. The van der Waals surface area contributed by atoms with E-state index in [1.165, 1.54) is 25.7 Å². The molecule has 1 unspecified atom stereocenters. The van der Waals surface area contributed by atoms with Gasteiger partial charge in [0.15, 0.2) is 0 Å². The molecule has 1 saturated carbocycles. The van der Waals surface area contributed by atoms with E-state index in [0.717, 1.165) is 19.4 Å². The molecule has 0 heterocycles. The quantitative estimate of drug-likeness (QED) is 0.683. The van der Waals surface area contributed by atoms with Crippen molar-refractivity contribution in [2.75, 3.05) is 13.2 Å². The number of ether oxygens (including phenoxy) is 1. The van der Waals surface area contributed by atoms with Gasteiger partial charge in [-0.05, 0) is 44.4 Å². The highest BCUT2D eigenvalue weighted by Crippen LogP contribution is 2.30. The molecule has 0 aromatic heterocycles. The maximum atomic E-state index is 11.9. The largest absolute Gasteiger partial charge is 0.378 e. The van der Waals surface area contributed by atoms with Gasteiger partial charge in [0.05, 0.1) is 12.1 Å². The summed E-state index contributed by atoms with van der Waals surface area (Å²) in [6.07, 6.45) is 7.11. The second-order valence-corrected chi connectivity index (χ2v) is 6.35. The number of carbonyl (C=O) groups excluding carboxylic acids is 1. The van der Waals surface area contributed by atoms with E-state index in [-0.39, 0.29) is 11.9 Å². The predicted octanol–water partition coefficient (Wildman–Crippen LogP) is 2.46. The van der Waals surface area contributed by atoms with Crippen LogP contribution in [0.3, 0.4) is 0 Å². The minimum Gasteiger partial charge on any atom is -0.378 e. The fraction of sp³-hybridized carbons (Fsp3) is 0.938. The average molecular weight is 284 g/mol. The average Bonchev–Trinajstić information content (AvgIpc) is 2.90. The molecule has 1 amide bonds. The number of nitrogens with one attached hydrogen (secondary N) is 1. The second-order valence-electron chi connectivity index (χ2n) is 6.35. The van der Waals surface area contributed by atoms with Crippen LogP contribution in [0, 0.1) is 11.8 Å². The second kappa shape index (κ2) is 9.35. The molecule has 4 heteroatoms. The Morgan fingerprint density at radius 3 is 2.55 bits per heavy atom. The maximum absolute atomic E-state index is 11.9. The first-order chi connectivity index (χ1) is 9.54. The number of hydrogen-bond acceptors (Lipinski definition) is 3. The van der Waals surface area contributed by atoms with Crippen molar-refractivity contribution in [2.45, 2.75) is 71.4 Å². The summed E-state index contributed by atoms with van der Waals surface area (Å²) in [6, 6.07) is -0.382. The molecular weight excluding hydrogens is 252 g/mol. The Labute approximate surface area is 123 Å². The first kappa shape index (κ1) is 17.4. The first-order valence-electron chi connectivity index (χ1n) is 8.19. The molecule has 1 aliphatic rings. The number of amides is 1. The zero-order chi connectivity index (χ0) is 15.0. The molecule has 20 heavy (non-hydrogen) atoms. The van der Waals surface area contributed by atoms with Gasteiger partial charge in [0.25, 0.3) is 0 Å². The highest BCUT2D eigenvalue weighted by atomic mass is 16.5. The van der Waals surface area contributed by atoms with Crippen LogP contribution >= 0.6 is 0 Å². The van der Waals surface area contributed by atoms with Crippen molar-refractivity contribution in [3.05, 3.63) is 0 Å². The summed E-state index contributed by atoms with van der Waals surface area (Å²) in [6.45, 7) is 7.63. The molecule has 0 bridgehead atoms. The highest BCUT2D eigenvalue weighted by Gasteiger charge is 2.25. The van der Waals surface area contributed by atoms with Gasteiger partial charge >= 0.3 is 0 Å². The lowest BCUT2D eigenvalue weighted by molar-refractivity contribution is -0.122. The lowest BCUT2D eigenvalue weighted by atomic mass is 9.98. The Kier molecular flexibility index (Phi) is 8.15. The standard InChI is InChI=1S/C16H32N2O2/c1-4-20-15(13-7-5-6-8-13)9-10-18-16(19)14(17)11-12(2)3/h12-15H,4-11,17H2,1-3H3,(H,18,19)/t14-,15?/m0/s1. The molecule has 118 valence electrons. The Morgan fingerprint density at radius 1 is 1.35 bits per heavy atom.